The summed E-state index contributed by atoms with van der Waals surface area (Å²) >= 11 is 0. The van der Waals surface area contributed by atoms with Crippen LogP contribution < -0.4 is 20.0 Å². The average molecular weight is 366 g/mol. The first kappa shape index (κ1) is 18.3. The highest BCUT2D eigenvalue weighted by Gasteiger charge is 2.38. The minimum atomic E-state index is -1.77. The highest BCUT2D eigenvalue weighted by molar-refractivity contribution is 6.90. The van der Waals surface area contributed by atoms with Gasteiger partial charge in [0.15, 0.2) is 5.72 Å². The van der Waals surface area contributed by atoms with Gasteiger partial charge in [-0.2, -0.15) is 0 Å². The monoisotopic (exact) mass is 365 g/mol. The quantitative estimate of drug-likeness (QED) is 0.736. The Balaban J connectivity index is 1.83. The van der Waals surface area contributed by atoms with E-state index in [0.29, 0.717) is 6.61 Å². The van der Waals surface area contributed by atoms with Gasteiger partial charge in [-0.15, -0.1) is 0 Å². The Morgan fingerprint density at radius 3 is 2.27 bits per heavy atom. The van der Waals surface area contributed by atoms with Crippen molar-refractivity contribution in [3.05, 3.63) is 79.0 Å². The van der Waals surface area contributed by atoms with E-state index in [2.05, 4.69) is 54.8 Å². The van der Waals surface area contributed by atoms with E-state index in [0.717, 1.165) is 17.5 Å². The molecule has 1 unspecified atom stereocenters. The van der Waals surface area contributed by atoms with Crippen LogP contribution in [0.2, 0.25) is 19.1 Å². The third-order valence-corrected chi connectivity index (χ3v) is 7.90. The average Bonchev–Trinajstić information content (AvgIpc) is 2.63. The van der Waals surface area contributed by atoms with Crippen molar-refractivity contribution in [3.63, 3.8) is 0 Å². The van der Waals surface area contributed by atoms with Crippen LogP contribution in [-0.2, 0) is 0 Å². The van der Waals surface area contributed by atoms with Gasteiger partial charge in [-0.25, -0.2) is 0 Å². The molecule has 0 aliphatic carbocycles. The summed E-state index contributed by atoms with van der Waals surface area (Å²) < 4.78 is 12.0. The molecule has 2 aromatic rings. The van der Waals surface area contributed by atoms with Gasteiger partial charge in [0.1, 0.15) is 11.5 Å². The number of hydrogen-bond donors (Lipinski definition) is 1. The van der Waals surface area contributed by atoms with Crippen molar-refractivity contribution in [1.82, 2.24) is 5.32 Å². The molecule has 136 valence electrons. The van der Waals surface area contributed by atoms with Crippen molar-refractivity contribution < 1.29 is 9.47 Å². The van der Waals surface area contributed by atoms with Crippen LogP contribution in [0.4, 0.5) is 0 Å². The van der Waals surface area contributed by atoms with Gasteiger partial charge in [-0.1, -0.05) is 54.7 Å². The highest BCUT2D eigenvalue weighted by atomic mass is 28.3. The highest BCUT2D eigenvalue weighted by Crippen LogP contribution is 2.28. The number of dihydropyridines is 1. The Kier molecular flexibility index (Phi) is 5.52. The second kappa shape index (κ2) is 7.83. The third kappa shape index (κ3) is 4.38. The summed E-state index contributed by atoms with van der Waals surface area (Å²) in [7, 11) is -1.77. The van der Waals surface area contributed by atoms with Crippen LogP contribution in [-0.4, -0.2) is 20.4 Å². The van der Waals surface area contributed by atoms with Crippen LogP contribution in [0.15, 0.2) is 79.0 Å². The number of ether oxygens (including phenoxy) is 2. The molecule has 1 atom stereocenters. The van der Waals surface area contributed by atoms with Crippen LogP contribution >= 0.6 is 0 Å². The topological polar surface area (TPSA) is 30.5 Å². The SMILES string of the molecule is CCOc1ccc([Si](C)(C)CC2(Oc3ccccc3)C=CC=CN2)cc1. The van der Waals surface area contributed by atoms with Crippen molar-refractivity contribution in [2.24, 2.45) is 0 Å². The smallest absolute Gasteiger partial charge is 0.197 e. The second-order valence-electron chi connectivity index (χ2n) is 7.19. The molecule has 0 radical (unpaired) electrons. The molecule has 0 saturated heterocycles. The first-order chi connectivity index (χ1) is 12.5. The molecule has 0 bridgehead atoms. The molecule has 26 heavy (non-hydrogen) atoms. The number of benzene rings is 2. The van der Waals surface area contributed by atoms with Crippen LogP contribution in [0, 0.1) is 0 Å². The molecule has 2 aromatic carbocycles. The molecule has 0 aromatic heterocycles. The van der Waals surface area contributed by atoms with E-state index in [-0.39, 0.29) is 0 Å². The van der Waals surface area contributed by atoms with E-state index in [1.807, 2.05) is 49.5 Å². The van der Waals surface area contributed by atoms with Gasteiger partial charge in [0, 0.05) is 12.2 Å². The van der Waals surface area contributed by atoms with E-state index in [9.17, 15) is 0 Å². The summed E-state index contributed by atoms with van der Waals surface area (Å²) in [6, 6.07) is 19.5. The normalized spacial score (nSPS) is 19.0. The zero-order valence-electron chi connectivity index (χ0n) is 15.7. The minimum Gasteiger partial charge on any atom is -0.494 e. The Morgan fingerprint density at radius 2 is 1.65 bits per heavy atom. The van der Waals surface area contributed by atoms with E-state index >= 15 is 0 Å². The van der Waals surface area contributed by atoms with Crippen LogP contribution in [0.25, 0.3) is 0 Å². The van der Waals surface area contributed by atoms with Gasteiger partial charge >= 0.3 is 0 Å². The van der Waals surface area contributed by atoms with Crippen molar-refractivity contribution >= 4 is 13.3 Å². The molecular weight excluding hydrogens is 338 g/mol. The molecular formula is C22H27NO2Si. The lowest BCUT2D eigenvalue weighted by Gasteiger charge is -2.39. The number of nitrogens with one attached hydrogen (secondary N) is 1. The summed E-state index contributed by atoms with van der Waals surface area (Å²) in [5.74, 6) is 1.80. The Morgan fingerprint density at radius 1 is 0.923 bits per heavy atom. The molecule has 1 heterocycles. The second-order valence-corrected chi connectivity index (χ2v) is 11.9. The molecule has 3 nitrogen and oxygen atoms in total. The molecule has 0 amide bonds. The lowest BCUT2D eigenvalue weighted by Crippen LogP contribution is -2.56. The Bertz CT molecular complexity index is 768. The Labute approximate surface area is 157 Å². The molecule has 4 heteroatoms. The number of rotatable bonds is 7. The van der Waals surface area contributed by atoms with E-state index in [1.165, 1.54) is 5.19 Å². The van der Waals surface area contributed by atoms with Crippen LogP contribution in [0.1, 0.15) is 6.92 Å². The largest absolute Gasteiger partial charge is 0.494 e. The molecule has 3 rings (SSSR count). The Hall–Kier alpha value is -2.46. The fourth-order valence-corrected chi connectivity index (χ4v) is 6.22. The van der Waals surface area contributed by atoms with Crippen LogP contribution in [0.3, 0.4) is 0 Å². The lowest BCUT2D eigenvalue weighted by atomic mass is 10.2. The van der Waals surface area contributed by atoms with Gasteiger partial charge in [0.25, 0.3) is 0 Å². The van der Waals surface area contributed by atoms with Gasteiger partial charge in [-0.05, 0) is 43.3 Å². The maximum atomic E-state index is 6.42. The number of allylic oxidation sites excluding steroid dienone is 2. The molecule has 1 aliphatic rings. The summed E-state index contributed by atoms with van der Waals surface area (Å²) in [6.07, 6.45) is 8.15. The van der Waals surface area contributed by atoms with E-state index < -0.39 is 13.8 Å². The standard InChI is InChI=1S/C22H27NO2Si/c1-4-24-19-12-14-21(15-13-19)26(2,3)18-22(16-8-9-17-23-22)25-20-10-6-5-7-11-20/h5-17,23H,4,18H2,1-3H3. The molecule has 0 saturated carbocycles. The fourth-order valence-electron chi connectivity index (χ4n) is 3.34. The molecule has 1 N–H and O–H groups in total. The first-order valence-electron chi connectivity index (χ1n) is 9.12. The summed E-state index contributed by atoms with van der Waals surface area (Å²) in [5.41, 5.74) is -0.523. The van der Waals surface area contributed by atoms with Gasteiger partial charge in [0.05, 0.1) is 14.7 Å². The maximum Gasteiger partial charge on any atom is 0.197 e. The van der Waals surface area contributed by atoms with Gasteiger partial charge in [-0.3, -0.25) is 0 Å². The van der Waals surface area contributed by atoms with Crippen molar-refractivity contribution in [3.8, 4) is 11.5 Å². The third-order valence-electron chi connectivity index (χ3n) is 4.59. The number of para-hydroxylation sites is 1. The molecule has 0 fully saturated rings. The number of hydrogen-bond acceptors (Lipinski definition) is 3. The summed E-state index contributed by atoms with van der Waals surface area (Å²) in [5, 5.41) is 4.85. The van der Waals surface area contributed by atoms with Crippen LogP contribution in [0.5, 0.6) is 11.5 Å². The van der Waals surface area contributed by atoms with E-state index in [1.54, 1.807) is 0 Å². The van der Waals surface area contributed by atoms with Gasteiger partial charge in [0.2, 0.25) is 0 Å². The first-order valence-corrected chi connectivity index (χ1v) is 12.3. The summed E-state index contributed by atoms with van der Waals surface area (Å²) in [4.78, 5) is 0. The maximum absolute atomic E-state index is 6.42. The molecule has 0 spiro atoms. The predicted molar refractivity (Wildman–Crippen MR) is 111 cm³/mol. The zero-order chi connectivity index (χ0) is 18.5. The predicted octanol–water partition coefficient (Wildman–Crippen LogP) is 4.45. The fraction of sp³-hybridized carbons (Fsp3) is 0.273. The van der Waals surface area contributed by atoms with Crippen molar-refractivity contribution in [2.75, 3.05) is 6.61 Å². The summed E-state index contributed by atoms with van der Waals surface area (Å²) in [6.45, 7) is 7.46. The molecule has 1 aliphatic heterocycles. The lowest BCUT2D eigenvalue weighted by molar-refractivity contribution is 0.115. The van der Waals surface area contributed by atoms with Gasteiger partial charge < -0.3 is 14.8 Å². The van der Waals surface area contributed by atoms with Crippen molar-refractivity contribution in [1.29, 1.82) is 0 Å². The van der Waals surface area contributed by atoms with E-state index in [4.69, 9.17) is 9.47 Å². The minimum absolute atomic E-state index is 0.523. The van der Waals surface area contributed by atoms with Crippen molar-refractivity contribution in [2.45, 2.75) is 31.8 Å². The zero-order valence-corrected chi connectivity index (χ0v) is 16.7.